The van der Waals surface area contributed by atoms with Gasteiger partial charge in [0.25, 0.3) is 5.91 Å². The molecule has 110 valence electrons. The first-order valence-electron chi connectivity index (χ1n) is 7.58. The molecule has 1 atom stereocenters. The maximum absolute atomic E-state index is 12.4. The molecule has 3 aliphatic rings. The molecule has 4 heteroatoms. The fraction of sp³-hybridized carbons (Fsp3) is 0.471. The predicted octanol–water partition coefficient (Wildman–Crippen LogP) is 0.821. The standard InChI is InChI=1S/C17H21N3O/c18-8-2-4-13-3-1-5-15(11-13)17(21)19-16-12-20-9-6-14(16)7-10-20/h1,3,5,11,14,16H,6-10,12,18H2,(H,19,21). The average molecular weight is 283 g/mol. The normalized spacial score (nSPS) is 26.8. The van der Waals surface area contributed by atoms with Crippen LogP contribution in [0, 0.1) is 17.8 Å². The van der Waals surface area contributed by atoms with Gasteiger partial charge in [0.15, 0.2) is 0 Å². The van der Waals surface area contributed by atoms with E-state index in [9.17, 15) is 4.79 Å². The molecule has 0 radical (unpaired) electrons. The Labute approximate surface area is 125 Å². The van der Waals surface area contributed by atoms with Gasteiger partial charge in [-0.15, -0.1) is 0 Å². The van der Waals surface area contributed by atoms with E-state index in [1.54, 1.807) is 0 Å². The second-order valence-electron chi connectivity index (χ2n) is 5.80. The molecule has 0 saturated carbocycles. The van der Waals surface area contributed by atoms with E-state index in [-0.39, 0.29) is 5.91 Å². The Morgan fingerprint density at radius 3 is 2.86 bits per heavy atom. The maximum Gasteiger partial charge on any atom is 0.251 e. The predicted molar refractivity (Wildman–Crippen MR) is 82.8 cm³/mol. The van der Waals surface area contributed by atoms with E-state index >= 15 is 0 Å². The lowest BCUT2D eigenvalue weighted by atomic mass is 9.84. The number of nitrogens with zero attached hydrogens (tertiary/aromatic N) is 1. The number of amides is 1. The van der Waals surface area contributed by atoms with Crippen LogP contribution >= 0.6 is 0 Å². The van der Waals surface area contributed by atoms with Crippen LogP contribution in [0.3, 0.4) is 0 Å². The summed E-state index contributed by atoms with van der Waals surface area (Å²) >= 11 is 0. The number of nitrogens with two attached hydrogens (primary N) is 1. The molecule has 3 fully saturated rings. The van der Waals surface area contributed by atoms with Crippen molar-refractivity contribution in [1.82, 2.24) is 10.2 Å². The summed E-state index contributed by atoms with van der Waals surface area (Å²) in [5.41, 5.74) is 6.89. The lowest BCUT2D eigenvalue weighted by molar-refractivity contribution is 0.0620. The van der Waals surface area contributed by atoms with Crippen molar-refractivity contribution in [2.24, 2.45) is 11.7 Å². The van der Waals surface area contributed by atoms with Crippen LogP contribution < -0.4 is 11.1 Å². The molecule has 21 heavy (non-hydrogen) atoms. The number of nitrogens with one attached hydrogen (secondary N) is 1. The number of carbonyl (C=O) groups is 1. The number of hydrogen-bond donors (Lipinski definition) is 2. The van der Waals surface area contributed by atoms with Crippen molar-refractivity contribution < 1.29 is 4.79 Å². The summed E-state index contributed by atoms with van der Waals surface area (Å²) in [5.74, 6) is 6.42. The van der Waals surface area contributed by atoms with Crippen LogP contribution in [-0.4, -0.2) is 43.0 Å². The zero-order chi connectivity index (χ0) is 14.7. The van der Waals surface area contributed by atoms with Crippen molar-refractivity contribution >= 4 is 5.91 Å². The summed E-state index contributed by atoms with van der Waals surface area (Å²) in [7, 11) is 0. The monoisotopic (exact) mass is 283 g/mol. The van der Waals surface area contributed by atoms with Crippen LogP contribution in [-0.2, 0) is 0 Å². The minimum absolute atomic E-state index is 0.00477. The molecular formula is C17H21N3O. The van der Waals surface area contributed by atoms with Crippen LogP contribution in [0.4, 0.5) is 0 Å². The van der Waals surface area contributed by atoms with E-state index in [2.05, 4.69) is 22.1 Å². The number of hydrogen-bond acceptors (Lipinski definition) is 3. The van der Waals surface area contributed by atoms with Crippen LogP contribution in [0.2, 0.25) is 0 Å². The van der Waals surface area contributed by atoms with E-state index in [0.29, 0.717) is 24.1 Å². The third kappa shape index (κ3) is 3.26. The van der Waals surface area contributed by atoms with Gasteiger partial charge in [-0.3, -0.25) is 4.79 Å². The van der Waals surface area contributed by atoms with Gasteiger partial charge in [-0.2, -0.15) is 0 Å². The van der Waals surface area contributed by atoms with Gasteiger partial charge in [0.05, 0.1) is 6.54 Å². The molecular weight excluding hydrogens is 262 g/mol. The zero-order valence-corrected chi connectivity index (χ0v) is 12.1. The highest BCUT2D eigenvalue weighted by Gasteiger charge is 2.34. The Hall–Kier alpha value is -1.83. The Morgan fingerprint density at radius 2 is 2.19 bits per heavy atom. The largest absolute Gasteiger partial charge is 0.348 e. The fourth-order valence-electron chi connectivity index (χ4n) is 3.27. The molecule has 1 aromatic rings. The van der Waals surface area contributed by atoms with Gasteiger partial charge < -0.3 is 16.0 Å². The number of fused-ring (bicyclic) bond motifs is 3. The second kappa shape index (κ2) is 6.30. The van der Waals surface area contributed by atoms with Gasteiger partial charge in [-0.25, -0.2) is 0 Å². The Morgan fingerprint density at radius 1 is 1.38 bits per heavy atom. The van der Waals surface area contributed by atoms with Gasteiger partial charge >= 0.3 is 0 Å². The van der Waals surface area contributed by atoms with Gasteiger partial charge in [0.2, 0.25) is 0 Å². The molecule has 3 saturated heterocycles. The molecule has 3 N–H and O–H groups in total. The highest BCUT2D eigenvalue weighted by molar-refractivity contribution is 5.94. The topological polar surface area (TPSA) is 58.4 Å². The van der Waals surface area contributed by atoms with Crippen molar-refractivity contribution in [2.75, 3.05) is 26.2 Å². The zero-order valence-electron chi connectivity index (χ0n) is 12.1. The average Bonchev–Trinajstić information content (AvgIpc) is 2.54. The Kier molecular flexibility index (Phi) is 4.23. The van der Waals surface area contributed by atoms with Crippen molar-refractivity contribution in [3.05, 3.63) is 35.4 Å². The van der Waals surface area contributed by atoms with E-state index in [0.717, 1.165) is 12.1 Å². The second-order valence-corrected chi connectivity index (χ2v) is 5.80. The maximum atomic E-state index is 12.4. The molecule has 4 nitrogen and oxygen atoms in total. The quantitative estimate of drug-likeness (QED) is 0.790. The Balaban J connectivity index is 1.68. The highest BCUT2D eigenvalue weighted by atomic mass is 16.1. The lowest BCUT2D eigenvalue weighted by Gasteiger charge is -2.44. The first-order valence-corrected chi connectivity index (χ1v) is 7.58. The highest BCUT2D eigenvalue weighted by Crippen LogP contribution is 2.27. The third-order valence-electron chi connectivity index (χ3n) is 4.43. The van der Waals surface area contributed by atoms with Crippen molar-refractivity contribution in [1.29, 1.82) is 0 Å². The van der Waals surface area contributed by atoms with Crippen LogP contribution in [0.1, 0.15) is 28.8 Å². The summed E-state index contributed by atoms with van der Waals surface area (Å²) < 4.78 is 0. The molecule has 4 rings (SSSR count). The molecule has 0 aliphatic carbocycles. The molecule has 0 spiro atoms. The number of piperidine rings is 3. The van der Waals surface area contributed by atoms with E-state index in [1.807, 2.05) is 24.3 Å². The van der Waals surface area contributed by atoms with Gasteiger partial charge in [-0.05, 0) is 50.0 Å². The molecule has 2 bridgehead atoms. The van der Waals surface area contributed by atoms with Gasteiger partial charge in [0.1, 0.15) is 0 Å². The number of rotatable bonds is 2. The van der Waals surface area contributed by atoms with Crippen molar-refractivity contribution in [3.63, 3.8) is 0 Å². The van der Waals surface area contributed by atoms with E-state index in [4.69, 9.17) is 5.73 Å². The van der Waals surface area contributed by atoms with Gasteiger partial charge in [-0.1, -0.05) is 17.9 Å². The first-order chi connectivity index (χ1) is 10.3. The molecule has 1 unspecified atom stereocenters. The number of benzene rings is 1. The molecule has 3 heterocycles. The third-order valence-corrected chi connectivity index (χ3v) is 4.43. The minimum Gasteiger partial charge on any atom is -0.348 e. The smallest absolute Gasteiger partial charge is 0.251 e. The fourth-order valence-corrected chi connectivity index (χ4v) is 3.27. The van der Waals surface area contributed by atoms with Crippen LogP contribution in [0.5, 0.6) is 0 Å². The summed E-state index contributed by atoms with van der Waals surface area (Å²) in [5, 5.41) is 3.20. The van der Waals surface area contributed by atoms with E-state index < -0.39 is 0 Å². The molecule has 3 aliphatic heterocycles. The van der Waals surface area contributed by atoms with Crippen molar-refractivity contribution in [2.45, 2.75) is 18.9 Å². The number of carbonyl (C=O) groups excluding carboxylic acids is 1. The van der Waals surface area contributed by atoms with Crippen LogP contribution in [0.15, 0.2) is 24.3 Å². The van der Waals surface area contributed by atoms with E-state index in [1.165, 1.54) is 25.9 Å². The summed E-state index contributed by atoms with van der Waals surface area (Å²) in [4.78, 5) is 14.9. The lowest BCUT2D eigenvalue weighted by Crippen LogP contribution is -2.57. The minimum atomic E-state index is 0.00477. The van der Waals surface area contributed by atoms with Crippen molar-refractivity contribution in [3.8, 4) is 11.8 Å². The molecule has 1 amide bonds. The first kappa shape index (κ1) is 14.1. The summed E-state index contributed by atoms with van der Waals surface area (Å²) in [6.45, 7) is 3.68. The van der Waals surface area contributed by atoms with Crippen LogP contribution in [0.25, 0.3) is 0 Å². The molecule has 0 aromatic heterocycles. The summed E-state index contributed by atoms with van der Waals surface area (Å²) in [6.07, 6.45) is 2.40. The molecule has 1 aromatic carbocycles. The SMILES string of the molecule is NCC#Cc1cccc(C(=O)NC2CN3CCC2CC3)c1. The summed E-state index contributed by atoms with van der Waals surface area (Å²) in [6, 6.07) is 7.72. The Bertz CT molecular complexity index is 579. The van der Waals surface area contributed by atoms with Gasteiger partial charge in [0, 0.05) is 23.7 Å².